The predicted molar refractivity (Wildman–Crippen MR) is 94.7 cm³/mol. The highest BCUT2D eigenvalue weighted by Gasteiger charge is 2.22. The first-order valence-corrected chi connectivity index (χ1v) is 8.37. The van der Waals surface area contributed by atoms with Crippen molar-refractivity contribution in [2.75, 3.05) is 21.3 Å². The second kappa shape index (κ2) is 8.62. The zero-order chi connectivity index (χ0) is 17.5. The maximum atomic E-state index is 12.2. The molecule has 5 heteroatoms. The number of carbonyl (C=O) groups is 1. The molecule has 0 saturated heterocycles. The lowest BCUT2D eigenvalue weighted by Gasteiger charge is -2.29. The van der Waals surface area contributed by atoms with Gasteiger partial charge < -0.3 is 19.5 Å². The summed E-state index contributed by atoms with van der Waals surface area (Å²) in [4.78, 5) is 12.2. The van der Waals surface area contributed by atoms with Gasteiger partial charge in [-0.3, -0.25) is 4.79 Å². The zero-order valence-corrected chi connectivity index (χ0v) is 14.9. The van der Waals surface area contributed by atoms with Crippen molar-refractivity contribution < 1.29 is 19.0 Å². The van der Waals surface area contributed by atoms with Crippen molar-refractivity contribution in [1.29, 1.82) is 0 Å². The van der Waals surface area contributed by atoms with Gasteiger partial charge in [0.05, 0.1) is 21.3 Å². The fourth-order valence-corrected chi connectivity index (χ4v) is 3.11. The summed E-state index contributed by atoms with van der Waals surface area (Å²) in [7, 11) is 4.74. The topological polar surface area (TPSA) is 56.8 Å². The van der Waals surface area contributed by atoms with Crippen LogP contribution in [-0.2, 0) is 4.79 Å². The van der Waals surface area contributed by atoms with Crippen molar-refractivity contribution in [3.63, 3.8) is 0 Å². The lowest BCUT2D eigenvalue weighted by atomic mass is 9.86. The number of rotatable bonds is 6. The van der Waals surface area contributed by atoms with Crippen molar-refractivity contribution in [2.45, 2.75) is 38.6 Å². The SMILES string of the molecule is COc1cc(OC)c(OC)cc1/C=C/C(=O)N[C@@H]1CCCC[C@H]1C. The van der Waals surface area contributed by atoms with Crippen LogP contribution in [0.5, 0.6) is 17.2 Å². The van der Waals surface area contributed by atoms with Gasteiger partial charge in [-0.25, -0.2) is 0 Å². The Bertz CT molecular complexity index is 597. The first kappa shape index (κ1) is 18.2. The van der Waals surface area contributed by atoms with E-state index < -0.39 is 0 Å². The van der Waals surface area contributed by atoms with Crippen LogP contribution in [0.25, 0.3) is 6.08 Å². The molecule has 0 unspecified atom stereocenters. The van der Waals surface area contributed by atoms with Crippen LogP contribution in [0.1, 0.15) is 38.2 Å². The Labute approximate surface area is 144 Å². The Morgan fingerprint density at radius 2 is 1.67 bits per heavy atom. The van der Waals surface area contributed by atoms with Gasteiger partial charge in [0.1, 0.15) is 5.75 Å². The molecular weight excluding hydrogens is 306 g/mol. The van der Waals surface area contributed by atoms with Crippen LogP contribution < -0.4 is 19.5 Å². The van der Waals surface area contributed by atoms with Crippen LogP contribution in [0.2, 0.25) is 0 Å². The highest BCUT2D eigenvalue weighted by Crippen LogP contribution is 2.35. The van der Waals surface area contributed by atoms with Crippen LogP contribution in [0.3, 0.4) is 0 Å². The number of carbonyl (C=O) groups excluding carboxylic acids is 1. The van der Waals surface area contributed by atoms with Gasteiger partial charge in [0.15, 0.2) is 11.5 Å². The molecule has 0 bridgehead atoms. The van der Waals surface area contributed by atoms with E-state index in [-0.39, 0.29) is 11.9 Å². The molecule has 132 valence electrons. The van der Waals surface area contributed by atoms with E-state index in [1.165, 1.54) is 19.3 Å². The maximum Gasteiger partial charge on any atom is 0.244 e. The smallest absolute Gasteiger partial charge is 0.244 e. The molecule has 1 fully saturated rings. The van der Waals surface area contributed by atoms with Crippen molar-refractivity contribution in [1.82, 2.24) is 5.32 Å². The first-order chi connectivity index (χ1) is 11.6. The lowest BCUT2D eigenvalue weighted by molar-refractivity contribution is -0.117. The van der Waals surface area contributed by atoms with Crippen molar-refractivity contribution in [2.24, 2.45) is 5.92 Å². The van der Waals surface area contributed by atoms with Crippen LogP contribution in [0.4, 0.5) is 0 Å². The summed E-state index contributed by atoms with van der Waals surface area (Å²) in [6.45, 7) is 2.20. The molecule has 24 heavy (non-hydrogen) atoms. The molecule has 1 amide bonds. The number of hydrogen-bond donors (Lipinski definition) is 1. The van der Waals surface area contributed by atoms with Crippen molar-refractivity contribution in [3.05, 3.63) is 23.8 Å². The Balaban J connectivity index is 2.11. The Morgan fingerprint density at radius 1 is 1.04 bits per heavy atom. The summed E-state index contributed by atoms with van der Waals surface area (Å²) in [5, 5.41) is 3.11. The Hall–Kier alpha value is -2.17. The standard InChI is InChI=1S/C19H27NO4/c1-13-7-5-6-8-15(13)20-19(21)10-9-14-11-17(23-3)18(24-4)12-16(14)22-2/h9-13,15H,5-8H2,1-4H3,(H,20,21)/b10-9+/t13-,15-/m1/s1. The maximum absolute atomic E-state index is 12.2. The third-order valence-electron chi connectivity index (χ3n) is 4.59. The van der Waals surface area contributed by atoms with E-state index in [1.54, 1.807) is 45.6 Å². The van der Waals surface area contributed by atoms with Gasteiger partial charge in [-0.1, -0.05) is 19.8 Å². The fourth-order valence-electron chi connectivity index (χ4n) is 3.11. The van der Waals surface area contributed by atoms with Gasteiger partial charge in [0.25, 0.3) is 0 Å². The van der Waals surface area contributed by atoms with Gasteiger partial charge in [-0.15, -0.1) is 0 Å². The quantitative estimate of drug-likeness (QED) is 0.811. The molecule has 0 heterocycles. The number of methoxy groups -OCH3 is 3. The number of nitrogens with one attached hydrogen (secondary N) is 1. The van der Waals surface area contributed by atoms with Crippen LogP contribution in [0.15, 0.2) is 18.2 Å². The van der Waals surface area contributed by atoms with Gasteiger partial charge >= 0.3 is 0 Å². The molecule has 1 saturated carbocycles. The largest absolute Gasteiger partial charge is 0.496 e. The van der Waals surface area contributed by atoms with Crippen molar-refractivity contribution >= 4 is 12.0 Å². The fraction of sp³-hybridized carbons (Fsp3) is 0.526. The summed E-state index contributed by atoms with van der Waals surface area (Å²) in [5.41, 5.74) is 0.766. The molecule has 2 atom stereocenters. The molecule has 5 nitrogen and oxygen atoms in total. The minimum atomic E-state index is -0.0782. The summed E-state index contributed by atoms with van der Waals surface area (Å²) < 4.78 is 15.9. The summed E-state index contributed by atoms with van der Waals surface area (Å²) >= 11 is 0. The molecule has 1 aromatic rings. The molecule has 0 radical (unpaired) electrons. The number of hydrogen-bond acceptors (Lipinski definition) is 4. The zero-order valence-electron chi connectivity index (χ0n) is 14.9. The normalized spacial score (nSPS) is 20.7. The average molecular weight is 333 g/mol. The average Bonchev–Trinajstić information content (AvgIpc) is 2.61. The Morgan fingerprint density at radius 3 is 2.29 bits per heavy atom. The molecule has 1 N–H and O–H groups in total. The van der Waals surface area contributed by atoms with Gasteiger partial charge in [0, 0.05) is 23.7 Å². The van der Waals surface area contributed by atoms with E-state index in [1.807, 2.05) is 0 Å². The number of amides is 1. The van der Waals surface area contributed by atoms with Crippen molar-refractivity contribution in [3.8, 4) is 17.2 Å². The monoisotopic (exact) mass is 333 g/mol. The second-order valence-corrected chi connectivity index (χ2v) is 6.16. The number of benzene rings is 1. The van der Waals surface area contributed by atoms with Crippen LogP contribution >= 0.6 is 0 Å². The third-order valence-corrected chi connectivity index (χ3v) is 4.59. The number of ether oxygens (including phenoxy) is 3. The predicted octanol–water partition coefficient (Wildman–Crippen LogP) is 3.42. The van der Waals surface area contributed by atoms with E-state index in [2.05, 4.69) is 12.2 Å². The van der Waals surface area contributed by atoms with E-state index >= 15 is 0 Å². The van der Waals surface area contributed by atoms with Crippen LogP contribution in [0, 0.1) is 5.92 Å². The molecule has 1 aliphatic rings. The summed E-state index contributed by atoms with van der Waals surface area (Å²) in [6.07, 6.45) is 7.96. The van der Waals surface area contributed by atoms with Gasteiger partial charge in [-0.05, 0) is 30.9 Å². The molecular formula is C19H27NO4. The lowest BCUT2D eigenvalue weighted by Crippen LogP contribution is -2.40. The van der Waals surface area contributed by atoms with E-state index in [0.29, 0.717) is 23.2 Å². The second-order valence-electron chi connectivity index (χ2n) is 6.16. The molecule has 1 aromatic carbocycles. The molecule has 0 aliphatic heterocycles. The molecule has 0 aromatic heterocycles. The van der Waals surface area contributed by atoms with E-state index in [9.17, 15) is 4.79 Å². The van der Waals surface area contributed by atoms with Crippen LogP contribution in [-0.4, -0.2) is 33.3 Å². The van der Waals surface area contributed by atoms with E-state index in [4.69, 9.17) is 14.2 Å². The Kier molecular flexibility index (Phi) is 6.53. The summed E-state index contributed by atoms with van der Waals surface area (Å²) in [6, 6.07) is 3.81. The highest BCUT2D eigenvalue weighted by molar-refractivity contribution is 5.92. The highest BCUT2D eigenvalue weighted by atomic mass is 16.5. The summed E-state index contributed by atoms with van der Waals surface area (Å²) in [5.74, 6) is 2.27. The molecule has 0 spiro atoms. The van der Waals surface area contributed by atoms with E-state index in [0.717, 1.165) is 12.0 Å². The minimum Gasteiger partial charge on any atom is -0.496 e. The third kappa shape index (κ3) is 4.43. The first-order valence-electron chi connectivity index (χ1n) is 8.37. The minimum absolute atomic E-state index is 0.0782. The van der Waals surface area contributed by atoms with Gasteiger partial charge in [-0.2, -0.15) is 0 Å². The molecule has 2 rings (SSSR count). The molecule has 1 aliphatic carbocycles. The van der Waals surface area contributed by atoms with Gasteiger partial charge in [0.2, 0.25) is 5.91 Å².